The number of carbonyl (C=O) groups is 1. The van der Waals surface area contributed by atoms with E-state index in [-0.39, 0.29) is 12.0 Å². The van der Waals surface area contributed by atoms with Crippen LogP contribution in [0.3, 0.4) is 0 Å². The lowest BCUT2D eigenvalue weighted by Gasteiger charge is -2.31. The summed E-state index contributed by atoms with van der Waals surface area (Å²) in [5.41, 5.74) is 0.943. The van der Waals surface area contributed by atoms with Gasteiger partial charge < -0.3 is 9.64 Å². The van der Waals surface area contributed by atoms with Crippen molar-refractivity contribution < 1.29 is 9.53 Å². The molecule has 1 N–H and O–H groups in total. The Hall–Kier alpha value is -2.26. The quantitative estimate of drug-likeness (QED) is 0.761. The number of nitrogens with zero attached hydrogens (tertiary/aromatic N) is 5. The molecule has 0 aliphatic carbocycles. The van der Waals surface area contributed by atoms with Crippen molar-refractivity contribution in [1.82, 2.24) is 29.9 Å². The molecule has 0 radical (unpaired) electrons. The zero-order chi connectivity index (χ0) is 16.8. The summed E-state index contributed by atoms with van der Waals surface area (Å²) < 4.78 is 7.55. The molecule has 4 heterocycles. The highest BCUT2D eigenvalue weighted by atomic mass is 32.1. The number of fused-ring (bicyclic) bond motifs is 1. The molecular formula is C15H18N6O2S. The van der Waals surface area contributed by atoms with Crippen LogP contribution in [0.15, 0.2) is 6.07 Å². The molecule has 24 heavy (non-hydrogen) atoms. The Bertz CT molecular complexity index is 876. The second kappa shape index (κ2) is 5.67. The fourth-order valence-corrected chi connectivity index (χ4v) is 4.05. The summed E-state index contributed by atoms with van der Waals surface area (Å²) in [6.07, 6.45) is -0.287. The Morgan fingerprint density at radius 2 is 2.29 bits per heavy atom. The monoisotopic (exact) mass is 346 g/mol. The van der Waals surface area contributed by atoms with E-state index in [4.69, 9.17) is 4.74 Å². The van der Waals surface area contributed by atoms with Crippen molar-refractivity contribution >= 4 is 27.5 Å². The average molecular weight is 346 g/mol. The molecule has 1 saturated heterocycles. The van der Waals surface area contributed by atoms with Gasteiger partial charge in [-0.25, -0.2) is 4.98 Å². The fraction of sp³-hybridized carbons (Fsp3) is 0.467. The van der Waals surface area contributed by atoms with Crippen LogP contribution in [-0.4, -0.2) is 55.5 Å². The number of ether oxygens (including phenoxy) is 1. The molecule has 1 aliphatic heterocycles. The number of amides is 1. The minimum atomic E-state index is -0.287. The molecule has 0 saturated carbocycles. The number of aromatic amines is 1. The molecule has 0 bridgehead atoms. The number of thiophene rings is 1. The maximum absolute atomic E-state index is 12.9. The molecule has 4 rings (SSSR count). The van der Waals surface area contributed by atoms with E-state index in [0.717, 1.165) is 26.6 Å². The molecule has 1 atom stereocenters. The first-order chi connectivity index (χ1) is 11.5. The van der Waals surface area contributed by atoms with Gasteiger partial charge in [-0.15, -0.1) is 11.3 Å². The van der Waals surface area contributed by atoms with Gasteiger partial charge in [-0.2, -0.15) is 10.2 Å². The summed E-state index contributed by atoms with van der Waals surface area (Å²) in [6, 6.07) is 1.94. The Kier molecular flexibility index (Phi) is 3.61. The highest BCUT2D eigenvalue weighted by Gasteiger charge is 2.29. The van der Waals surface area contributed by atoms with Crippen LogP contribution in [0, 0.1) is 13.8 Å². The average Bonchev–Trinajstić information content (AvgIpc) is 3.25. The van der Waals surface area contributed by atoms with Gasteiger partial charge in [0.05, 0.1) is 23.7 Å². The van der Waals surface area contributed by atoms with Crippen molar-refractivity contribution in [2.75, 3.05) is 19.7 Å². The minimum Gasteiger partial charge on any atom is -0.366 e. The molecule has 126 valence electrons. The summed E-state index contributed by atoms with van der Waals surface area (Å²) >= 11 is 1.48. The van der Waals surface area contributed by atoms with Crippen molar-refractivity contribution in [3.05, 3.63) is 28.3 Å². The highest BCUT2D eigenvalue weighted by Crippen LogP contribution is 2.29. The summed E-state index contributed by atoms with van der Waals surface area (Å²) in [7, 11) is 1.90. The molecule has 0 spiro atoms. The van der Waals surface area contributed by atoms with Crippen LogP contribution in [0.2, 0.25) is 0 Å². The van der Waals surface area contributed by atoms with E-state index in [1.807, 2.05) is 36.5 Å². The first kappa shape index (κ1) is 15.3. The summed E-state index contributed by atoms with van der Waals surface area (Å²) in [5.74, 6) is 1.36. The van der Waals surface area contributed by atoms with Crippen molar-refractivity contribution in [2.24, 2.45) is 7.05 Å². The van der Waals surface area contributed by atoms with Crippen LogP contribution in [-0.2, 0) is 11.8 Å². The third kappa shape index (κ3) is 2.49. The predicted octanol–water partition coefficient (Wildman–Crippen LogP) is 1.58. The van der Waals surface area contributed by atoms with Crippen LogP contribution in [0.1, 0.15) is 33.1 Å². The molecule has 0 unspecified atom stereocenters. The smallest absolute Gasteiger partial charge is 0.264 e. The number of hydrogen-bond acceptors (Lipinski definition) is 6. The zero-order valence-electron chi connectivity index (χ0n) is 13.7. The Labute approximate surface area is 142 Å². The number of H-pyrrole nitrogens is 1. The molecule has 3 aromatic heterocycles. The molecule has 9 heteroatoms. The summed E-state index contributed by atoms with van der Waals surface area (Å²) in [4.78, 5) is 20.7. The maximum atomic E-state index is 12.9. The van der Waals surface area contributed by atoms with E-state index in [1.54, 1.807) is 0 Å². The number of morpholine rings is 1. The Morgan fingerprint density at radius 3 is 3.00 bits per heavy atom. The van der Waals surface area contributed by atoms with E-state index in [2.05, 4.69) is 20.3 Å². The summed E-state index contributed by atoms with van der Waals surface area (Å²) in [6.45, 7) is 5.32. The normalized spacial score (nSPS) is 18.5. The van der Waals surface area contributed by atoms with Crippen LogP contribution >= 0.6 is 11.3 Å². The lowest BCUT2D eigenvalue weighted by molar-refractivity contribution is -0.0265. The van der Waals surface area contributed by atoms with Gasteiger partial charge in [0, 0.05) is 19.0 Å². The third-order valence-electron chi connectivity index (χ3n) is 4.16. The largest absolute Gasteiger partial charge is 0.366 e. The SMILES string of the molecule is Cc1nc([C@H]2CN(C(=O)c3cc4c(C)nn(C)c4s3)CCO2)n[nH]1. The second-order valence-electron chi connectivity index (χ2n) is 5.93. The van der Waals surface area contributed by atoms with Crippen LogP contribution in [0.5, 0.6) is 0 Å². The van der Waals surface area contributed by atoms with Gasteiger partial charge in [0.1, 0.15) is 16.8 Å². The number of hydrogen-bond donors (Lipinski definition) is 1. The predicted molar refractivity (Wildman–Crippen MR) is 89.0 cm³/mol. The van der Waals surface area contributed by atoms with Gasteiger partial charge in [0.15, 0.2) is 5.82 Å². The number of rotatable bonds is 2. The van der Waals surface area contributed by atoms with Gasteiger partial charge in [-0.05, 0) is 19.9 Å². The molecular weight excluding hydrogens is 328 g/mol. The van der Waals surface area contributed by atoms with E-state index in [1.165, 1.54) is 11.3 Å². The third-order valence-corrected chi connectivity index (χ3v) is 5.35. The van der Waals surface area contributed by atoms with E-state index in [0.29, 0.717) is 25.5 Å². The molecule has 8 nitrogen and oxygen atoms in total. The van der Waals surface area contributed by atoms with Gasteiger partial charge in [0.25, 0.3) is 5.91 Å². The Morgan fingerprint density at radius 1 is 1.46 bits per heavy atom. The van der Waals surface area contributed by atoms with Crippen LogP contribution in [0.25, 0.3) is 10.2 Å². The maximum Gasteiger partial charge on any atom is 0.264 e. The lowest BCUT2D eigenvalue weighted by Crippen LogP contribution is -2.42. The van der Waals surface area contributed by atoms with Crippen molar-refractivity contribution in [3.63, 3.8) is 0 Å². The summed E-state index contributed by atoms with van der Waals surface area (Å²) in [5, 5.41) is 12.4. The molecule has 1 aliphatic rings. The molecule has 1 amide bonds. The van der Waals surface area contributed by atoms with Gasteiger partial charge >= 0.3 is 0 Å². The molecule has 1 fully saturated rings. The lowest BCUT2D eigenvalue weighted by atomic mass is 10.2. The number of nitrogens with one attached hydrogen (secondary N) is 1. The van der Waals surface area contributed by atoms with Gasteiger partial charge in [-0.1, -0.05) is 0 Å². The first-order valence-corrected chi connectivity index (χ1v) is 8.57. The van der Waals surface area contributed by atoms with Crippen molar-refractivity contribution in [1.29, 1.82) is 0 Å². The Balaban J connectivity index is 1.57. The molecule has 3 aromatic rings. The number of aromatic nitrogens is 5. The van der Waals surface area contributed by atoms with Crippen LogP contribution in [0.4, 0.5) is 0 Å². The number of carbonyl (C=O) groups excluding carboxylic acids is 1. The van der Waals surface area contributed by atoms with Gasteiger partial charge in [0.2, 0.25) is 0 Å². The highest BCUT2D eigenvalue weighted by molar-refractivity contribution is 7.20. The second-order valence-corrected chi connectivity index (χ2v) is 6.96. The minimum absolute atomic E-state index is 0.0242. The zero-order valence-corrected chi connectivity index (χ0v) is 14.6. The van der Waals surface area contributed by atoms with E-state index in [9.17, 15) is 4.79 Å². The van der Waals surface area contributed by atoms with Crippen molar-refractivity contribution in [3.8, 4) is 0 Å². The van der Waals surface area contributed by atoms with E-state index >= 15 is 0 Å². The topological polar surface area (TPSA) is 88.9 Å². The number of aryl methyl sites for hydroxylation is 3. The first-order valence-electron chi connectivity index (χ1n) is 7.76. The van der Waals surface area contributed by atoms with Crippen molar-refractivity contribution in [2.45, 2.75) is 20.0 Å². The van der Waals surface area contributed by atoms with Crippen LogP contribution < -0.4 is 0 Å². The molecule has 0 aromatic carbocycles. The van der Waals surface area contributed by atoms with E-state index < -0.39 is 0 Å². The fourth-order valence-electron chi connectivity index (χ4n) is 2.96. The standard InChI is InChI=1S/C15H18N6O2S/c1-8-10-6-12(24-15(10)20(3)19-8)14(22)21-4-5-23-11(7-21)13-16-9(2)17-18-13/h6,11H,4-5,7H2,1-3H3,(H,16,17,18)/t11-/m1/s1. The van der Waals surface area contributed by atoms with Gasteiger partial charge in [-0.3, -0.25) is 14.6 Å².